The van der Waals surface area contributed by atoms with Gasteiger partial charge in [-0.1, -0.05) is 11.2 Å². The SMILES string of the molecule is Nc1cnn(Cc2nc(Cc3ccc(F)cc3F)no2)c1. The minimum absolute atomic E-state index is 0.122. The first kappa shape index (κ1) is 13.2. The molecule has 2 heterocycles. The predicted molar refractivity (Wildman–Crippen MR) is 69.2 cm³/mol. The zero-order valence-electron chi connectivity index (χ0n) is 10.8. The standard InChI is InChI=1S/C13H11F2N5O/c14-9-2-1-8(11(15)4-9)3-12-18-13(21-19-12)7-20-6-10(16)5-17-20/h1-2,4-6H,3,7,16H2. The summed E-state index contributed by atoms with van der Waals surface area (Å²) in [6.07, 6.45) is 3.26. The quantitative estimate of drug-likeness (QED) is 0.792. The second kappa shape index (κ2) is 5.31. The monoisotopic (exact) mass is 291 g/mol. The molecule has 3 rings (SSSR count). The van der Waals surface area contributed by atoms with Gasteiger partial charge in [0.15, 0.2) is 5.82 Å². The lowest BCUT2D eigenvalue weighted by atomic mass is 10.1. The molecule has 0 amide bonds. The van der Waals surface area contributed by atoms with Crippen LogP contribution in [0.4, 0.5) is 14.5 Å². The van der Waals surface area contributed by atoms with Gasteiger partial charge in [-0.05, 0) is 11.6 Å². The van der Waals surface area contributed by atoms with Crippen molar-refractivity contribution in [2.45, 2.75) is 13.0 Å². The maximum Gasteiger partial charge on any atom is 0.248 e. The Kier molecular flexibility index (Phi) is 3.35. The third kappa shape index (κ3) is 3.04. The number of hydrogen-bond donors (Lipinski definition) is 1. The summed E-state index contributed by atoms with van der Waals surface area (Å²) < 4.78 is 33.0. The number of benzene rings is 1. The minimum atomic E-state index is -0.638. The molecule has 0 atom stereocenters. The van der Waals surface area contributed by atoms with Gasteiger partial charge in [0.05, 0.1) is 11.9 Å². The van der Waals surface area contributed by atoms with Crippen molar-refractivity contribution in [2.24, 2.45) is 0 Å². The van der Waals surface area contributed by atoms with E-state index in [9.17, 15) is 8.78 Å². The average molecular weight is 291 g/mol. The number of anilines is 1. The molecular formula is C13H11F2N5O. The molecule has 0 saturated carbocycles. The van der Waals surface area contributed by atoms with Crippen molar-refractivity contribution >= 4 is 5.69 Å². The van der Waals surface area contributed by atoms with Crippen molar-refractivity contribution in [3.63, 3.8) is 0 Å². The van der Waals surface area contributed by atoms with E-state index in [1.807, 2.05) is 0 Å². The van der Waals surface area contributed by atoms with Gasteiger partial charge in [-0.3, -0.25) is 4.68 Å². The second-order valence-electron chi connectivity index (χ2n) is 4.49. The molecule has 0 unspecified atom stereocenters. The second-order valence-corrected chi connectivity index (χ2v) is 4.49. The van der Waals surface area contributed by atoms with Gasteiger partial charge in [-0.25, -0.2) is 8.78 Å². The number of nitrogen functional groups attached to an aromatic ring is 1. The molecule has 2 aromatic heterocycles. The van der Waals surface area contributed by atoms with Gasteiger partial charge < -0.3 is 10.3 Å². The lowest BCUT2D eigenvalue weighted by molar-refractivity contribution is 0.361. The van der Waals surface area contributed by atoms with Gasteiger partial charge in [0.25, 0.3) is 0 Å². The van der Waals surface area contributed by atoms with Gasteiger partial charge in [0.2, 0.25) is 5.89 Å². The summed E-state index contributed by atoms with van der Waals surface area (Å²) in [6.45, 7) is 0.274. The van der Waals surface area contributed by atoms with Crippen LogP contribution in [0.25, 0.3) is 0 Å². The highest BCUT2D eigenvalue weighted by Gasteiger charge is 2.11. The van der Waals surface area contributed by atoms with Crippen LogP contribution in [0.5, 0.6) is 0 Å². The first-order chi connectivity index (χ1) is 10.1. The molecule has 0 aliphatic heterocycles. The summed E-state index contributed by atoms with van der Waals surface area (Å²) >= 11 is 0. The zero-order chi connectivity index (χ0) is 14.8. The van der Waals surface area contributed by atoms with Gasteiger partial charge >= 0.3 is 0 Å². The molecule has 0 saturated heterocycles. The number of hydrogen-bond acceptors (Lipinski definition) is 5. The zero-order valence-corrected chi connectivity index (χ0v) is 10.8. The molecule has 6 nitrogen and oxygen atoms in total. The van der Waals surface area contributed by atoms with Gasteiger partial charge in [-0.15, -0.1) is 0 Å². The van der Waals surface area contributed by atoms with Crippen molar-refractivity contribution in [1.29, 1.82) is 0 Å². The van der Waals surface area contributed by atoms with E-state index in [0.717, 1.165) is 6.07 Å². The Bertz CT molecular complexity index is 768. The first-order valence-corrected chi connectivity index (χ1v) is 6.13. The Balaban J connectivity index is 1.72. The van der Waals surface area contributed by atoms with Crippen LogP contribution in [0.2, 0.25) is 0 Å². The molecule has 0 bridgehead atoms. The molecule has 21 heavy (non-hydrogen) atoms. The maximum atomic E-state index is 13.5. The van der Waals surface area contributed by atoms with E-state index >= 15 is 0 Å². The molecule has 0 spiro atoms. The van der Waals surface area contributed by atoms with Crippen molar-refractivity contribution in [1.82, 2.24) is 19.9 Å². The molecule has 0 radical (unpaired) electrons. The molecule has 1 aromatic carbocycles. The summed E-state index contributed by atoms with van der Waals surface area (Å²) in [7, 11) is 0. The maximum absolute atomic E-state index is 13.5. The lowest BCUT2D eigenvalue weighted by Gasteiger charge is -1.99. The molecule has 108 valence electrons. The van der Waals surface area contributed by atoms with E-state index in [1.165, 1.54) is 18.3 Å². The molecule has 8 heteroatoms. The fraction of sp³-hybridized carbons (Fsp3) is 0.154. The van der Waals surface area contributed by atoms with E-state index in [0.29, 0.717) is 23.0 Å². The number of rotatable bonds is 4. The molecule has 2 N–H and O–H groups in total. The highest BCUT2D eigenvalue weighted by Crippen LogP contribution is 2.13. The van der Waals surface area contributed by atoms with E-state index in [-0.39, 0.29) is 13.0 Å². The lowest BCUT2D eigenvalue weighted by Crippen LogP contribution is -2.01. The Hall–Kier alpha value is -2.77. The number of nitrogens with two attached hydrogens (primary N) is 1. The van der Waals surface area contributed by atoms with Crippen LogP contribution in [0.15, 0.2) is 35.1 Å². The number of aromatic nitrogens is 4. The summed E-state index contributed by atoms with van der Waals surface area (Å²) in [6, 6.07) is 3.36. The summed E-state index contributed by atoms with van der Waals surface area (Å²) in [5.74, 6) is -0.617. The summed E-state index contributed by atoms with van der Waals surface area (Å²) in [4.78, 5) is 4.13. The van der Waals surface area contributed by atoms with Crippen LogP contribution in [-0.2, 0) is 13.0 Å². The van der Waals surface area contributed by atoms with Gasteiger partial charge in [-0.2, -0.15) is 10.1 Å². The predicted octanol–water partition coefficient (Wildman–Crippen LogP) is 1.77. The average Bonchev–Trinajstić information content (AvgIpc) is 3.03. The third-order valence-corrected chi connectivity index (χ3v) is 2.82. The Morgan fingerprint density at radius 3 is 2.86 bits per heavy atom. The molecule has 3 aromatic rings. The van der Waals surface area contributed by atoms with E-state index < -0.39 is 11.6 Å². The minimum Gasteiger partial charge on any atom is -0.396 e. The van der Waals surface area contributed by atoms with Crippen LogP contribution >= 0.6 is 0 Å². The molecule has 0 fully saturated rings. The molecular weight excluding hydrogens is 280 g/mol. The van der Waals surface area contributed by atoms with Crippen molar-refractivity contribution in [3.05, 3.63) is 59.5 Å². The number of halogens is 2. The van der Waals surface area contributed by atoms with Crippen LogP contribution in [-0.4, -0.2) is 19.9 Å². The highest BCUT2D eigenvalue weighted by molar-refractivity contribution is 5.30. The van der Waals surface area contributed by atoms with Crippen molar-refractivity contribution < 1.29 is 13.3 Å². The van der Waals surface area contributed by atoms with Crippen LogP contribution in [0, 0.1) is 11.6 Å². The highest BCUT2D eigenvalue weighted by atomic mass is 19.1. The van der Waals surface area contributed by atoms with E-state index in [2.05, 4.69) is 15.2 Å². The Morgan fingerprint density at radius 1 is 1.29 bits per heavy atom. The Labute approximate surface area is 118 Å². The molecule has 0 aliphatic rings. The normalized spacial score (nSPS) is 11.0. The van der Waals surface area contributed by atoms with Crippen LogP contribution < -0.4 is 5.73 Å². The van der Waals surface area contributed by atoms with Crippen molar-refractivity contribution in [3.8, 4) is 0 Å². The van der Waals surface area contributed by atoms with E-state index in [4.69, 9.17) is 10.3 Å². The summed E-state index contributed by atoms with van der Waals surface area (Å²) in [5.41, 5.74) is 6.38. The first-order valence-electron chi connectivity index (χ1n) is 6.13. The fourth-order valence-electron chi connectivity index (χ4n) is 1.87. The topological polar surface area (TPSA) is 82.8 Å². The fourth-order valence-corrected chi connectivity index (χ4v) is 1.87. The van der Waals surface area contributed by atoms with Gasteiger partial charge in [0, 0.05) is 18.7 Å². The van der Waals surface area contributed by atoms with Crippen LogP contribution in [0.1, 0.15) is 17.3 Å². The van der Waals surface area contributed by atoms with E-state index in [1.54, 1.807) is 10.9 Å². The smallest absolute Gasteiger partial charge is 0.248 e. The van der Waals surface area contributed by atoms with Gasteiger partial charge in [0.1, 0.15) is 18.2 Å². The Morgan fingerprint density at radius 2 is 2.14 bits per heavy atom. The third-order valence-electron chi connectivity index (χ3n) is 2.82. The molecule has 0 aliphatic carbocycles. The van der Waals surface area contributed by atoms with Crippen molar-refractivity contribution in [2.75, 3.05) is 5.73 Å². The van der Waals surface area contributed by atoms with Crippen LogP contribution in [0.3, 0.4) is 0 Å². The number of nitrogens with zero attached hydrogens (tertiary/aromatic N) is 4. The largest absolute Gasteiger partial charge is 0.396 e. The summed E-state index contributed by atoms with van der Waals surface area (Å²) in [5, 5.41) is 7.75.